The van der Waals surface area contributed by atoms with Gasteiger partial charge in [0.05, 0.1) is 7.11 Å². The maximum absolute atomic E-state index is 11.0. The van der Waals surface area contributed by atoms with Crippen molar-refractivity contribution in [1.29, 1.82) is 0 Å². The summed E-state index contributed by atoms with van der Waals surface area (Å²) in [7, 11) is 1.28. The van der Waals surface area contributed by atoms with E-state index in [1.807, 2.05) is 12.2 Å². The van der Waals surface area contributed by atoms with Crippen LogP contribution in [0.15, 0.2) is 48.6 Å². The maximum atomic E-state index is 11.0. The highest BCUT2D eigenvalue weighted by atomic mass is 16.5. The van der Waals surface area contributed by atoms with Crippen molar-refractivity contribution in [3.05, 3.63) is 48.6 Å². The van der Waals surface area contributed by atoms with Crippen LogP contribution in [0.4, 0.5) is 0 Å². The van der Waals surface area contributed by atoms with Crippen molar-refractivity contribution in [2.24, 2.45) is 0 Å². The number of esters is 1. The normalized spacial score (nSPS) is 13.6. The van der Waals surface area contributed by atoms with Crippen molar-refractivity contribution in [3.63, 3.8) is 0 Å². The first-order valence-corrected chi connectivity index (χ1v) is 9.08. The monoisotopic (exact) mass is 334 g/mol. The summed E-state index contributed by atoms with van der Waals surface area (Å²) < 4.78 is 4.46. The van der Waals surface area contributed by atoms with Crippen molar-refractivity contribution in [3.8, 4) is 0 Å². The predicted octanol–water partition coefficient (Wildman–Crippen LogP) is 5.28. The minimum absolute atomic E-state index is 0.404. The zero-order chi connectivity index (χ0) is 17.9. The van der Waals surface area contributed by atoms with Crippen LogP contribution >= 0.6 is 0 Å². The molecule has 0 aromatic rings. The van der Waals surface area contributed by atoms with Crippen molar-refractivity contribution in [1.82, 2.24) is 0 Å². The van der Waals surface area contributed by atoms with Crippen molar-refractivity contribution in [2.75, 3.05) is 7.11 Å². The average Bonchev–Trinajstić information content (AvgIpc) is 2.60. The summed E-state index contributed by atoms with van der Waals surface area (Å²) in [5.41, 5.74) is 0. The molecule has 0 rings (SSSR count). The second-order valence-corrected chi connectivity index (χ2v) is 5.70. The van der Waals surface area contributed by atoms with Crippen LogP contribution in [0.2, 0.25) is 0 Å². The van der Waals surface area contributed by atoms with Crippen molar-refractivity contribution in [2.45, 2.75) is 70.8 Å². The zero-order valence-corrected chi connectivity index (χ0v) is 15.3. The molecule has 0 aromatic heterocycles. The van der Waals surface area contributed by atoms with Crippen molar-refractivity contribution >= 4 is 5.97 Å². The highest BCUT2D eigenvalue weighted by molar-refractivity contribution is 5.74. The standard InChI is InChI=1S/C21H34O3/c1-3-4-5-6-7-8-9-10-11-12-13-14-15-16-17-18-19-20(22)21(23)24-2/h7-8,10-11,13-14,16-17,20,22H,3-6,9,12,15,18-19H2,1-2H3. The van der Waals surface area contributed by atoms with E-state index in [0.717, 1.165) is 19.3 Å². The minimum Gasteiger partial charge on any atom is -0.467 e. The molecule has 0 aliphatic heterocycles. The quantitative estimate of drug-likeness (QED) is 0.267. The molecule has 1 atom stereocenters. The number of hydrogen-bond acceptors (Lipinski definition) is 3. The van der Waals surface area contributed by atoms with Gasteiger partial charge in [-0.3, -0.25) is 0 Å². The summed E-state index contributed by atoms with van der Waals surface area (Å²) in [4.78, 5) is 11.0. The lowest BCUT2D eigenvalue weighted by molar-refractivity contribution is -0.150. The molecule has 1 unspecified atom stereocenters. The zero-order valence-electron chi connectivity index (χ0n) is 15.3. The van der Waals surface area contributed by atoms with Crippen LogP contribution in [0, 0.1) is 0 Å². The van der Waals surface area contributed by atoms with Gasteiger partial charge in [-0.1, -0.05) is 68.4 Å². The molecular weight excluding hydrogens is 300 g/mol. The average molecular weight is 335 g/mol. The fourth-order valence-corrected chi connectivity index (χ4v) is 2.07. The molecule has 0 amide bonds. The molecule has 3 nitrogen and oxygen atoms in total. The van der Waals surface area contributed by atoms with E-state index in [0.29, 0.717) is 12.8 Å². The Balaban J connectivity index is 3.53. The molecule has 136 valence electrons. The van der Waals surface area contributed by atoms with E-state index < -0.39 is 12.1 Å². The number of carbonyl (C=O) groups excluding carboxylic acids is 1. The summed E-state index contributed by atoms with van der Waals surface area (Å²) in [6.45, 7) is 2.23. The summed E-state index contributed by atoms with van der Waals surface area (Å²) in [6.07, 6.45) is 25.2. The first-order chi connectivity index (χ1) is 11.7. The molecule has 0 heterocycles. The van der Waals surface area contributed by atoms with E-state index in [9.17, 15) is 9.90 Å². The molecule has 24 heavy (non-hydrogen) atoms. The lowest BCUT2D eigenvalue weighted by Crippen LogP contribution is -2.21. The number of hydrogen-bond donors (Lipinski definition) is 1. The lowest BCUT2D eigenvalue weighted by atomic mass is 10.2. The summed E-state index contributed by atoms with van der Waals surface area (Å²) in [5, 5.41) is 9.40. The molecular formula is C21H34O3. The van der Waals surface area contributed by atoms with Crippen LogP contribution < -0.4 is 0 Å². The first kappa shape index (κ1) is 22.4. The number of carbonyl (C=O) groups is 1. The van der Waals surface area contributed by atoms with Gasteiger partial charge in [0, 0.05) is 0 Å². The third kappa shape index (κ3) is 15.3. The Labute approximate surface area is 147 Å². The van der Waals surface area contributed by atoms with E-state index in [2.05, 4.69) is 48.1 Å². The number of aliphatic hydroxyl groups excluding tert-OH is 1. The van der Waals surface area contributed by atoms with Gasteiger partial charge in [-0.15, -0.1) is 0 Å². The van der Waals surface area contributed by atoms with Gasteiger partial charge in [-0.25, -0.2) is 4.79 Å². The number of ether oxygens (including phenoxy) is 1. The molecule has 0 fully saturated rings. The van der Waals surface area contributed by atoms with Crippen LogP contribution in [0.3, 0.4) is 0 Å². The molecule has 0 saturated carbocycles. The van der Waals surface area contributed by atoms with Crippen molar-refractivity contribution < 1.29 is 14.6 Å². The Morgan fingerprint density at radius 1 is 0.875 bits per heavy atom. The Morgan fingerprint density at radius 2 is 1.38 bits per heavy atom. The van der Waals surface area contributed by atoms with Gasteiger partial charge >= 0.3 is 5.97 Å². The van der Waals surface area contributed by atoms with Crippen LogP contribution in [0.25, 0.3) is 0 Å². The van der Waals surface area contributed by atoms with Crippen LogP contribution in [0.1, 0.15) is 64.7 Å². The van der Waals surface area contributed by atoms with Gasteiger partial charge in [0.1, 0.15) is 0 Å². The molecule has 0 bridgehead atoms. The van der Waals surface area contributed by atoms with E-state index >= 15 is 0 Å². The molecule has 0 aromatic carbocycles. The smallest absolute Gasteiger partial charge is 0.334 e. The Morgan fingerprint density at radius 3 is 1.88 bits per heavy atom. The van der Waals surface area contributed by atoms with Crippen LogP contribution in [-0.4, -0.2) is 24.3 Å². The van der Waals surface area contributed by atoms with Gasteiger partial charge < -0.3 is 9.84 Å². The number of aliphatic hydroxyl groups is 1. The maximum Gasteiger partial charge on any atom is 0.334 e. The lowest BCUT2D eigenvalue weighted by Gasteiger charge is -2.05. The van der Waals surface area contributed by atoms with E-state index in [1.165, 1.54) is 32.8 Å². The number of unbranched alkanes of at least 4 members (excludes halogenated alkanes) is 3. The van der Waals surface area contributed by atoms with Gasteiger partial charge in [-0.05, 0) is 44.9 Å². The summed E-state index contributed by atoms with van der Waals surface area (Å²) in [5.74, 6) is -0.564. The topological polar surface area (TPSA) is 46.5 Å². The Bertz CT molecular complexity index is 405. The number of rotatable bonds is 14. The van der Waals surface area contributed by atoms with Crippen LogP contribution in [-0.2, 0) is 9.53 Å². The fourth-order valence-electron chi connectivity index (χ4n) is 2.07. The van der Waals surface area contributed by atoms with E-state index in [4.69, 9.17) is 0 Å². The SMILES string of the molecule is CCCCCC=CCC=CCC=CCC=CCCC(O)C(=O)OC. The van der Waals surface area contributed by atoms with Crippen LogP contribution in [0.5, 0.6) is 0 Å². The first-order valence-electron chi connectivity index (χ1n) is 9.08. The second kappa shape index (κ2) is 17.7. The molecule has 1 N–H and O–H groups in total. The summed E-state index contributed by atoms with van der Waals surface area (Å²) >= 11 is 0. The molecule has 0 aliphatic rings. The Hall–Kier alpha value is -1.61. The third-order valence-electron chi connectivity index (χ3n) is 3.54. The molecule has 0 spiro atoms. The number of allylic oxidation sites excluding steroid dienone is 8. The second-order valence-electron chi connectivity index (χ2n) is 5.70. The Kier molecular flexibility index (Phi) is 16.5. The highest BCUT2D eigenvalue weighted by Crippen LogP contribution is 2.02. The molecule has 0 aliphatic carbocycles. The third-order valence-corrected chi connectivity index (χ3v) is 3.54. The van der Waals surface area contributed by atoms with Gasteiger partial charge in [0.15, 0.2) is 6.10 Å². The molecule has 0 saturated heterocycles. The van der Waals surface area contributed by atoms with E-state index in [-0.39, 0.29) is 0 Å². The van der Waals surface area contributed by atoms with Gasteiger partial charge in [0.25, 0.3) is 0 Å². The van der Waals surface area contributed by atoms with E-state index in [1.54, 1.807) is 0 Å². The largest absolute Gasteiger partial charge is 0.467 e. The predicted molar refractivity (Wildman–Crippen MR) is 102 cm³/mol. The summed E-state index contributed by atoms with van der Waals surface area (Å²) in [6, 6.07) is 0. The highest BCUT2D eigenvalue weighted by Gasteiger charge is 2.13. The molecule has 0 radical (unpaired) electrons. The van der Waals surface area contributed by atoms with Gasteiger partial charge in [0.2, 0.25) is 0 Å². The molecule has 3 heteroatoms. The van der Waals surface area contributed by atoms with Gasteiger partial charge in [-0.2, -0.15) is 0 Å². The minimum atomic E-state index is -1.01. The fraction of sp³-hybridized carbons (Fsp3) is 0.571. The number of methoxy groups -OCH3 is 1.